The number of rotatable bonds is 2. The number of halogens is 3. The van der Waals surface area contributed by atoms with Crippen molar-refractivity contribution >= 4 is 17.9 Å². The fourth-order valence-corrected chi connectivity index (χ4v) is 2.29. The van der Waals surface area contributed by atoms with Gasteiger partial charge in [-0.25, -0.2) is 4.98 Å². The Labute approximate surface area is 127 Å². The quantitative estimate of drug-likeness (QED) is 0.733. The van der Waals surface area contributed by atoms with Gasteiger partial charge in [0.15, 0.2) is 10.4 Å². The lowest BCUT2D eigenvalue weighted by atomic mass is 10.1. The SMILES string of the molecule is COc1cc(C(F)(F)F)ccc1-c1n[nH]c(=S)n2ccnc12. The van der Waals surface area contributed by atoms with Crippen LogP contribution in [0.3, 0.4) is 0 Å². The molecule has 0 bridgehead atoms. The zero-order valence-corrected chi connectivity index (χ0v) is 12.0. The number of methoxy groups -OCH3 is 1. The molecule has 0 aliphatic rings. The molecule has 0 saturated heterocycles. The summed E-state index contributed by atoms with van der Waals surface area (Å²) in [6.45, 7) is 0. The molecule has 0 unspecified atom stereocenters. The van der Waals surface area contributed by atoms with E-state index in [0.29, 0.717) is 21.7 Å². The molecule has 1 aromatic carbocycles. The van der Waals surface area contributed by atoms with Gasteiger partial charge in [0.2, 0.25) is 0 Å². The summed E-state index contributed by atoms with van der Waals surface area (Å²) in [6.07, 6.45) is -1.28. The maximum Gasteiger partial charge on any atom is 0.416 e. The zero-order chi connectivity index (χ0) is 15.9. The minimum atomic E-state index is -4.45. The van der Waals surface area contributed by atoms with Gasteiger partial charge in [0, 0.05) is 18.0 Å². The molecule has 9 heteroatoms. The zero-order valence-electron chi connectivity index (χ0n) is 11.2. The van der Waals surface area contributed by atoms with Crippen molar-refractivity contribution in [3.8, 4) is 17.0 Å². The highest BCUT2D eigenvalue weighted by Crippen LogP contribution is 2.37. The molecule has 0 radical (unpaired) electrons. The van der Waals surface area contributed by atoms with Gasteiger partial charge in [0.05, 0.1) is 12.7 Å². The van der Waals surface area contributed by atoms with Crippen molar-refractivity contribution in [2.45, 2.75) is 6.18 Å². The maximum atomic E-state index is 12.8. The van der Waals surface area contributed by atoms with E-state index in [-0.39, 0.29) is 5.75 Å². The summed E-state index contributed by atoms with van der Waals surface area (Å²) in [4.78, 5) is 4.14. The molecule has 114 valence electrons. The number of alkyl halides is 3. The number of hydrogen-bond donors (Lipinski definition) is 1. The maximum absolute atomic E-state index is 12.8. The second-order valence-electron chi connectivity index (χ2n) is 4.41. The number of fused-ring (bicyclic) bond motifs is 1. The summed E-state index contributed by atoms with van der Waals surface area (Å²) in [5.41, 5.74) is 0.375. The second kappa shape index (κ2) is 5.09. The fraction of sp³-hybridized carbons (Fsp3) is 0.154. The molecule has 0 atom stereocenters. The van der Waals surface area contributed by atoms with E-state index in [9.17, 15) is 13.2 Å². The third-order valence-corrected chi connectivity index (χ3v) is 3.41. The first-order chi connectivity index (χ1) is 10.4. The van der Waals surface area contributed by atoms with Gasteiger partial charge in [-0.15, -0.1) is 0 Å². The van der Waals surface area contributed by atoms with E-state index < -0.39 is 11.7 Å². The van der Waals surface area contributed by atoms with Crippen LogP contribution in [0.2, 0.25) is 0 Å². The van der Waals surface area contributed by atoms with Crippen LogP contribution in [-0.4, -0.2) is 26.7 Å². The largest absolute Gasteiger partial charge is 0.496 e. The highest BCUT2D eigenvalue weighted by Gasteiger charge is 2.31. The Bertz CT molecular complexity index is 900. The van der Waals surface area contributed by atoms with E-state index >= 15 is 0 Å². The molecule has 1 N–H and O–H groups in total. The van der Waals surface area contributed by atoms with Gasteiger partial charge in [0.1, 0.15) is 11.4 Å². The van der Waals surface area contributed by atoms with E-state index in [4.69, 9.17) is 17.0 Å². The Morgan fingerprint density at radius 2 is 2.09 bits per heavy atom. The third kappa shape index (κ3) is 2.33. The number of benzene rings is 1. The molecule has 22 heavy (non-hydrogen) atoms. The van der Waals surface area contributed by atoms with Crippen molar-refractivity contribution in [3.05, 3.63) is 40.9 Å². The van der Waals surface area contributed by atoms with Crippen LogP contribution >= 0.6 is 12.2 Å². The summed E-state index contributed by atoms with van der Waals surface area (Å²) < 4.78 is 45.3. The van der Waals surface area contributed by atoms with Crippen molar-refractivity contribution in [2.75, 3.05) is 7.11 Å². The minimum absolute atomic E-state index is 0.0535. The summed E-state index contributed by atoms with van der Waals surface area (Å²) in [7, 11) is 1.30. The first-order valence-corrected chi connectivity index (χ1v) is 6.50. The molecule has 2 heterocycles. The van der Waals surface area contributed by atoms with E-state index in [1.807, 2.05) is 0 Å². The lowest BCUT2D eigenvalue weighted by Crippen LogP contribution is -2.06. The second-order valence-corrected chi connectivity index (χ2v) is 4.80. The number of imidazole rings is 1. The van der Waals surface area contributed by atoms with Crippen LogP contribution in [0.15, 0.2) is 30.6 Å². The van der Waals surface area contributed by atoms with Crippen molar-refractivity contribution in [1.29, 1.82) is 0 Å². The summed E-state index contributed by atoms with van der Waals surface area (Å²) in [6, 6.07) is 3.20. The number of aromatic nitrogens is 4. The molecule has 0 aliphatic heterocycles. The molecule has 0 aliphatic carbocycles. The number of aromatic amines is 1. The first-order valence-electron chi connectivity index (χ1n) is 6.09. The predicted octanol–water partition coefficient (Wildman–Crippen LogP) is 3.48. The van der Waals surface area contributed by atoms with Crippen molar-refractivity contribution in [2.24, 2.45) is 0 Å². The Kier molecular flexibility index (Phi) is 3.36. The van der Waals surface area contributed by atoms with Gasteiger partial charge in [-0.2, -0.15) is 18.3 Å². The number of nitrogens with zero attached hydrogens (tertiary/aromatic N) is 3. The van der Waals surface area contributed by atoms with Crippen molar-refractivity contribution < 1.29 is 17.9 Å². The smallest absolute Gasteiger partial charge is 0.416 e. The monoisotopic (exact) mass is 326 g/mol. The predicted molar refractivity (Wildman–Crippen MR) is 75.2 cm³/mol. The van der Waals surface area contributed by atoms with Crippen molar-refractivity contribution in [1.82, 2.24) is 19.6 Å². The van der Waals surface area contributed by atoms with Crippen LogP contribution in [0.4, 0.5) is 13.2 Å². The van der Waals surface area contributed by atoms with Gasteiger partial charge < -0.3 is 4.74 Å². The minimum Gasteiger partial charge on any atom is -0.496 e. The molecule has 5 nitrogen and oxygen atoms in total. The Balaban J connectivity index is 2.25. The van der Waals surface area contributed by atoms with E-state index in [1.165, 1.54) is 19.4 Å². The molecule has 0 saturated carbocycles. The Hall–Kier alpha value is -2.42. The van der Waals surface area contributed by atoms with Crippen LogP contribution in [0, 0.1) is 4.77 Å². The van der Waals surface area contributed by atoms with Crippen LogP contribution in [0.1, 0.15) is 5.56 Å². The van der Waals surface area contributed by atoms with Crippen LogP contribution in [0.5, 0.6) is 5.75 Å². The number of hydrogen-bond acceptors (Lipinski definition) is 4. The molecule has 0 spiro atoms. The average molecular weight is 326 g/mol. The highest BCUT2D eigenvalue weighted by molar-refractivity contribution is 7.71. The summed E-state index contributed by atoms with van der Waals surface area (Å²) in [5, 5.41) is 6.71. The van der Waals surface area contributed by atoms with Crippen LogP contribution in [-0.2, 0) is 6.18 Å². The Morgan fingerprint density at radius 1 is 1.32 bits per heavy atom. The molecular weight excluding hydrogens is 317 g/mol. The molecule has 0 amide bonds. The fourth-order valence-electron chi connectivity index (χ4n) is 2.09. The summed E-state index contributed by atoms with van der Waals surface area (Å²) >= 11 is 5.07. The number of H-pyrrole nitrogens is 1. The van der Waals surface area contributed by atoms with Gasteiger partial charge in [0.25, 0.3) is 0 Å². The van der Waals surface area contributed by atoms with Crippen LogP contribution in [0.25, 0.3) is 16.9 Å². The lowest BCUT2D eigenvalue weighted by molar-refractivity contribution is -0.137. The topological polar surface area (TPSA) is 55.2 Å². The first kappa shape index (κ1) is 14.5. The average Bonchev–Trinajstić information content (AvgIpc) is 2.96. The highest BCUT2D eigenvalue weighted by atomic mass is 32.1. The molecule has 0 fully saturated rings. The standard InChI is InChI=1S/C13H9F3N4OS/c1-21-9-6-7(13(14,15)16)2-3-8(9)10-11-17-4-5-20(11)12(22)19-18-10/h2-6H,1H3,(H,19,22). The normalized spacial score (nSPS) is 11.8. The number of nitrogens with one attached hydrogen (secondary N) is 1. The van der Waals surface area contributed by atoms with Gasteiger partial charge in [-0.05, 0) is 30.4 Å². The summed E-state index contributed by atoms with van der Waals surface area (Å²) in [5.74, 6) is 0.0535. The van der Waals surface area contributed by atoms with E-state index in [0.717, 1.165) is 12.1 Å². The molecule has 3 rings (SSSR count). The van der Waals surface area contributed by atoms with Gasteiger partial charge in [-0.3, -0.25) is 9.50 Å². The lowest BCUT2D eigenvalue weighted by Gasteiger charge is -2.12. The third-order valence-electron chi connectivity index (χ3n) is 3.12. The molecular formula is C13H9F3N4OS. The van der Waals surface area contributed by atoms with Gasteiger partial charge in [-0.1, -0.05) is 0 Å². The Morgan fingerprint density at radius 3 is 2.77 bits per heavy atom. The van der Waals surface area contributed by atoms with Crippen LogP contribution < -0.4 is 4.74 Å². The van der Waals surface area contributed by atoms with Crippen molar-refractivity contribution in [3.63, 3.8) is 0 Å². The van der Waals surface area contributed by atoms with E-state index in [2.05, 4.69) is 15.2 Å². The van der Waals surface area contributed by atoms with E-state index in [1.54, 1.807) is 10.6 Å². The molecule has 3 aromatic rings. The number of ether oxygens (including phenoxy) is 1. The van der Waals surface area contributed by atoms with Gasteiger partial charge >= 0.3 is 6.18 Å². The molecule has 2 aromatic heterocycles.